The van der Waals surface area contributed by atoms with E-state index in [1.54, 1.807) is 11.3 Å². The van der Waals surface area contributed by atoms with Crippen LogP contribution in [0.3, 0.4) is 0 Å². The standard InChI is InChI=1S/C18H24N2S/c1-13(18-12-21-14(2)20-18)19-17-10-8-16(9-11-17)15-6-4-3-5-7-15/h3-7,12-13,16-17,19H,8-11H2,1-2H3. The average Bonchev–Trinajstić information content (AvgIpc) is 2.96. The van der Waals surface area contributed by atoms with Crippen LogP contribution in [0.5, 0.6) is 0 Å². The first-order chi connectivity index (χ1) is 10.2. The fourth-order valence-electron chi connectivity index (χ4n) is 3.34. The molecule has 0 aliphatic heterocycles. The Morgan fingerprint density at radius 3 is 2.48 bits per heavy atom. The number of nitrogens with zero attached hydrogens (tertiary/aromatic N) is 1. The van der Waals surface area contributed by atoms with Crippen LogP contribution in [0.1, 0.15) is 60.8 Å². The van der Waals surface area contributed by atoms with Crippen LogP contribution in [-0.2, 0) is 0 Å². The van der Waals surface area contributed by atoms with Crippen molar-refractivity contribution in [3.05, 3.63) is 52.0 Å². The Balaban J connectivity index is 1.52. The average molecular weight is 300 g/mol. The summed E-state index contributed by atoms with van der Waals surface area (Å²) in [5.41, 5.74) is 2.71. The van der Waals surface area contributed by atoms with Crippen molar-refractivity contribution < 1.29 is 0 Å². The molecule has 112 valence electrons. The van der Waals surface area contributed by atoms with E-state index in [-0.39, 0.29) is 0 Å². The monoisotopic (exact) mass is 300 g/mol. The van der Waals surface area contributed by atoms with Gasteiger partial charge in [0.15, 0.2) is 0 Å². The Morgan fingerprint density at radius 2 is 1.86 bits per heavy atom. The molecule has 21 heavy (non-hydrogen) atoms. The van der Waals surface area contributed by atoms with Crippen LogP contribution in [0, 0.1) is 6.92 Å². The van der Waals surface area contributed by atoms with Crippen molar-refractivity contribution in [2.24, 2.45) is 0 Å². The number of aryl methyl sites for hydroxylation is 1. The fraction of sp³-hybridized carbons (Fsp3) is 0.500. The predicted octanol–water partition coefficient (Wildman–Crippen LogP) is 4.83. The topological polar surface area (TPSA) is 24.9 Å². The molecule has 1 aliphatic carbocycles. The lowest BCUT2D eigenvalue weighted by molar-refractivity contribution is 0.320. The second kappa shape index (κ2) is 6.71. The van der Waals surface area contributed by atoms with E-state index in [1.165, 1.54) is 36.9 Å². The number of hydrogen-bond acceptors (Lipinski definition) is 3. The van der Waals surface area contributed by atoms with Gasteiger partial charge in [0, 0.05) is 17.5 Å². The molecule has 0 spiro atoms. The van der Waals surface area contributed by atoms with Crippen molar-refractivity contribution in [2.75, 3.05) is 0 Å². The number of rotatable bonds is 4. The number of aromatic nitrogens is 1. The highest BCUT2D eigenvalue weighted by atomic mass is 32.1. The summed E-state index contributed by atoms with van der Waals surface area (Å²) in [6, 6.07) is 12.0. The maximum absolute atomic E-state index is 4.59. The maximum Gasteiger partial charge on any atom is 0.0898 e. The first kappa shape index (κ1) is 14.7. The summed E-state index contributed by atoms with van der Waals surface area (Å²) in [6.45, 7) is 4.31. The molecule has 1 aliphatic rings. The van der Waals surface area contributed by atoms with Crippen LogP contribution in [-0.4, -0.2) is 11.0 Å². The van der Waals surface area contributed by atoms with Gasteiger partial charge in [0.05, 0.1) is 10.7 Å². The molecule has 0 saturated heterocycles. The zero-order chi connectivity index (χ0) is 14.7. The zero-order valence-corrected chi connectivity index (χ0v) is 13.7. The fourth-order valence-corrected chi connectivity index (χ4v) is 4.04. The number of nitrogens with one attached hydrogen (secondary N) is 1. The SMILES string of the molecule is Cc1nc(C(C)NC2CCC(c3ccccc3)CC2)cs1. The van der Waals surface area contributed by atoms with Gasteiger partial charge in [-0.3, -0.25) is 0 Å². The van der Waals surface area contributed by atoms with E-state index in [0.717, 1.165) is 10.9 Å². The van der Waals surface area contributed by atoms with Crippen LogP contribution in [0.25, 0.3) is 0 Å². The van der Waals surface area contributed by atoms with Gasteiger partial charge in [0.1, 0.15) is 0 Å². The Kier molecular flexibility index (Phi) is 4.71. The van der Waals surface area contributed by atoms with Gasteiger partial charge < -0.3 is 5.32 Å². The predicted molar refractivity (Wildman–Crippen MR) is 89.8 cm³/mol. The Labute approximate surface area is 131 Å². The molecule has 2 aromatic rings. The first-order valence-corrected chi connectivity index (χ1v) is 8.83. The van der Waals surface area contributed by atoms with E-state index in [2.05, 4.69) is 59.9 Å². The van der Waals surface area contributed by atoms with Crippen molar-refractivity contribution in [1.82, 2.24) is 10.3 Å². The van der Waals surface area contributed by atoms with E-state index < -0.39 is 0 Å². The Bertz CT molecular complexity index is 556. The van der Waals surface area contributed by atoms with E-state index in [9.17, 15) is 0 Å². The molecule has 3 rings (SSSR count). The number of benzene rings is 1. The molecule has 0 radical (unpaired) electrons. The lowest BCUT2D eigenvalue weighted by Crippen LogP contribution is -2.34. The summed E-state index contributed by atoms with van der Waals surface area (Å²) in [5, 5.41) is 7.11. The van der Waals surface area contributed by atoms with Crippen molar-refractivity contribution >= 4 is 11.3 Å². The lowest BCUT2D eigenvalue weighted by Gasteiger charge is -2.31. The normalized spacial score (nSPS) is 23.9. The van der Waals surface area contributed by atoms with Gasteiger partial charge in [0.2, 0.25) is 0 Å². The van der Waals surface area contributed by atoms with Crippen LogP contribution >= 0.6 is 11.3 Å². The highest BCUT2D eigenvalue weighted by Gasteiger charge is 2.23. The minimum Gasteiger partial charge on any atom is -0.306 e. The second-order valence-electron chi connectivity index (χ2n) is 6.14. The minimum atomic E-state index is 0.369. The maximum atomic E-state index is 4.59. The van der Waals surface area contributed by atoms with E-state index in [4.69, 9.17) is 0 Å². The van der Waals surface area contributed by atoms with E-state index >= 15 is 0 Å². The highest BCUT2D eigenvalue weighted by molar-refractivity contribution is 7.09. The van der Waals surface area contributed by atoms with Crippen molar-refractivity contribution in [1.29, 1.82) is 0 Å². The second-order valence-corrected chi connectivity index (χ2v) is 7.20. The zero-order valence-electron chi connectivity index (χ0n) is 12.9. The molecule has 1 saturated carbocycles. The minimum absolute atomic E-state index is 0.369. The molecular weight excluding hydrogens is 276 g/mol. The molecular formula is C18H24N2S. The first-order valence-electron chi connectivity index (χ1n) is 7.95. The van der Waals surface area contributed by atoms with Crippen molar-refractivity contribution in [2.45, 2.75) is 57.5 Å². The third-order valence-electron chi connectivity index (χ3n) is 4.56. The van der Waals surface area contributed by atoms with E-state index in [0.29, 0.717) is 12.1 Å². The highest BCUT2D eigenvalue weighted by Crippen LogP contribution is 2.33. The van der Waals surface area contributed by atoms with Crippen molar-refractivity contribution in [3.63, 3.8) is 0 Å². The quantitative estimate of drug-likeness (QED) is 0.875. The molecule has 1 N–H and O–H groups in total. The lowest BCUT2D eigenvalue weighted by atomic mass is 9.81. The van der Waals surface area contributed by atoms with Gasteiger partial charge in [-0.2, -0.15) is 0 Å². The molecule has 1 heterocycles. The van der Waals surface area contributed by atoms with Crippen LogP contribution in [0.2, 0.25) is 0 Å². The summed E-state index contributed by atoms with van der Waals surface area (Å²) in [4.78, 5) is 4.59. The molecule has 1 unspecified atom stereocenters. The third kappa shape index (κ3) is 3.72. The molecule has 1 aromatic carbocycles. The van der Waals surface area contributed by atoms with Gasteiger partial charge in [-0.25, -0.2) is 4.98 Å². The van der Waals surface area contributed by atoms with E-state index in [1.807, 2.05) is 0 Å². The Morgan fingerprint density at radius 1 is 1.14 bits per heavy atom. The van der Waals surface area contributed by atoms with Gasteiger partial charge >= 0.3 is 0 Å². The van der Waals surface area contributed by atoms with Gasteiger partial charge in [0.25, 0.3) is 0 Å². The molecule has 0 bridgehead atoms. The van der Waals surface area contributed by atoms with Crippen LogP contribution in [0.4, 0.5) is 0 Å². The van der Waals surface area contributed by atoms with Gasteiger partial charge in [-0.15, -0.1) is 11.3 Å². The molecule has 1 fully saturated rings. The molecule has 2 nitrogen and oxygen atoms in total. The molecule has 1 atom stereocenters. The smallest absolute Gasteiger partial charge is 0.0898 e. The molecule has 1 aromatic heterocycles. The summed E-state index contributed by atoms with van der Waals surface area (Å²) in [7, 11) is 0. The van der Waals surface area contributed by atoms with Gasteiger partial charge in [-0.05, 0) is 51.0 Å². The Hall–Kier alpha value is -1.19. The summed E-state index contributed by atoms with van der Waals surface area (Å²) in [6.07, 6.45) is 5.13. The molecule has 3 heteroatoms. The summed E-state index contributed by atoms with van der Waals surface area (Å²) >= 11 is 1.74. The van der Waals surface area contributed by atoms with Gasteiger partial charge in [-0.1, -0.05) is 30.3 Å². The van der Waals surface area contributed by atoms with Crippen LogP contribution < -0.4 is 5.32 Å². The summed E-state index contributed by atoms with van der Waals surface area (Å²) in [5.74, 6) is 0.751. The molecule has 0 amide bonds. The van der Waals surface area contributed by atoms with Crippen molar-refractivity contribution in [3.8, 4) is 0 Å². The number of thiazole rings is 1. The summed E-state index contributed by atoms with van der Waals surface area (Å²) < 4.78 is 0. The largest absolute Gasteiger partial charge is 0.306 e. The third-order valence-corrected chi connectivity index (χ3v) is 5.36. The van der Waals surface area contributed by atoms with Crippen LogP contribution in [0.15, 0.2) is 35.7 Å². The number of hydrogen-bond donors (Lipinski definition) is 1.